The van der Waals surface area contributed by atoms with E-state index in [1.807, 2.05) is 48.7 Å². The molecule has 8 rings (SSSR count). The number of para-hydroxylation sites is 2. The Kier molecular flexibility index (Phi) is 5.79. The normalized spacial score (nSPS) is 11.3. The molecule has 0 amide bonds. The first-order chi connectivity index (χ1) is 20.8. The highest BCUT2D eigenvalue weighted by Gasteiger charge is 2.14. The Morgan fingerprint density at radius 3 is 1.64 bits per heavy atom. The molecule has 196 valence electrons. The minimum absolute atomic E-state index is 0.886. The van der Waals surface area contributed by atoms with Crippen molar-refractivity contribution in [2.24, 2.45) is 0 Å². The Morgan fingerprint density at radius 2 is 0.881 bits per heavy atom. The lowest BCUT2D eigenvalue weighted by atomic mass is 9.96. The Labute approximate surface area is 243 Å². The molecule has 8 aromatic rings. The van der Waals surface area contributed by atoms with E-state index < -0.39 is 0 Å². The first-order valence-electron chi connectivity index (χ1n) is 14.1. The highest BCUT2D eigenvalue weighted by Crippen LogP contribution is 2.34. The van der Waals surface area contributed by atoms with Crippen molar-refractivity contribution in [2.45, 2.75) is 0 Å². The van der Waals surface area contributed by atoms with Gasteiger partial charge in [0.15, 0.2) is 0 Å². The maximum atomic E-state index is 5.05. The summed E-state index contributed by atoms with van der Waals surface area (Å²) in [5.74, 6) is 0. The lowest BCUT2D eigenvalue weighted by molar-refractivity contribution is 1.29. The van der Waals surface area contributed by atoms with Gasteiger partial charge in [-0.25, -0.2) is 9.97 Å². The van der Waals surface area contributed by atoms with Crippen molar-refractivity contribution in [3.63, 3.8) is 0 Å². The Bertz CT molecular complexity index is 2240. The summed E-state index contributed by atoms with van der Waals surface area (Å²) < 4.78 is 0. The number of nitrogens with zero attached hydrogens (tertiary/aromatic N) is 3. The van der Waals surface area contributed by atoms with Gasteiger partial charge in [-0.3, -0.25) is 4.98 Å². The van der Waals surface area contributed by atoms with Gasteiger partial charge in [0.05, 0.1) is 27.9 Å². The summed E-state index contributed by atoms with van der Waals surface area (Å²) in [6.45, 7) is 0. The van der Waals surface area contributed by atoms with Gasteiger partial charge in [-0.1, -0.05) is 121 Å². The second-order valence-electron chi connectivity index (χ2n) is 10.5. The maximum Gasteiger partial charge on any atom is 0.0973 e. The SMILES string of the molecule is c1ccc(-c2nc3ccccc3nc2-c2ccc(-c3cccc(-c4ccc5c(c4)ncc4ccccc45)c3)cc2)cc1. The van der Waals surface area contributed by atoms with Gasteiger partial charge in [0.25, 0.3) is 0 Å². The molecule has 0 saturated heterocycles. The molecule has 0 radical (unpaired) electrons. The van der Waals surface area contributed by atoms with Crippen LogP contribution in [0.3, 0.4) is 0 Å². The third-order valence-electron chi connectivity index (χ3n) is 7.90. The van der Waals surface area contributed by atoms with E-state index in [4.69, 9.17) is 15.0 Å². The molecule has 3 heteroatoms. The molecular weight excluding hydrogens is 510 g/mol. The molecule has 0 N–H and O–H groups in total. The van der Waals surface area contributed by atoms with Gasteiger partial charge < -0.3 is 0 Å². The fourth-order valence-corrected chi connectivity index (χ4v) is 5.74. The molecular formula is C39H25N3. The number of pyridine rings is 1. The van der Waals surface area contributed by atoms with E-state index in [0.717, 1.165) is 55.6 Å². The Balaban J connectivity index is 1.16. The standard InChI is InChI=1S/C39H25N3/c1-2-9-27(10-3-1)38-39(42-36-16-7-6-15-35(36)41-38)28-19-17-26(18-20-28)29-12-8-13-30(23-29)31-21-22-34-33-14-5-4-11-32(33)25-40-37(34)24-31/h1-25H. The van der Waals surface area contributed by atoms with Gasteiger partial charge in [-0.05, 0) is 51.9 Å². The van der Waals surface area contributed by atoms with Gasteiger partial charge in [-0.2, -0.15) is 0 Å². The van der Waals surface area contributed by atoms with Crippen LogP contribution in [-0.4, -0.2) is 15.0 Å². The second kappa shape index (κ2) is 10.1. The summed E-state index contributed by atoms with van der Waals surface area (Å²) in [6, 6.07) is 50.7. The van der Waals surface area contributed by atoms with E-state index in [0.29, 0.717) is 0 Å². The molecule has 0 aliphatic carbocycles. The monoisotopic (exact) mass is 535 g/mol. The molecule has 42 heavy (non-hydrogen) atoms. The van der Waals surface area contributed by atoms with Gasteiger partial charge >= 0.3 is 0 Å². The van der Waals surface area contributed by atoms with Gasteiger partial charge in [0.2, 0.25) is 0 Å². The zero-order chi connectivity index (χ0) is 27.9. The van der Waals surface area contributed by atoms with E-state index >= 15 is 0 Å². The van der Waals surface area contributed by atoms with Crippen LogP contribution in [0, 0.1) is 0 Å². The highest BCUT2D eigenvalue weighted by atomic mass is 14.8. The number of hydrogen-bond donors (Lipinski definition) is 0. The number of benzene rings is 6. The average molecular weight is 536 g/mol. The molecule has 0 unspecified atom stereocenters. The molecule has 3 nitrogen and oxygen atoms in total. The number of hydrogen-bond acceptors (Lipinski definition) is 3. The van der Waals surface area contributed by atoms with Crippen LogP contribution in [0.2, 0.25) is 0 Å². The second-order valence-corrected chi connectivity index (χ2v) is 10.5. The zero-order valence-corrected chi connectivity index (χ0v) is 22.8. The fourth-order valence-electron chi connectivity index (χ4n) is 5.74. The Hall–Kier alpha value is -5.67. The van der Waals surface area contributed by atoms with Crippen LogP contribution in [0.1, 0.15) is 0 Å². The molecule has 0 saturated carbocycles. The molecule has 0 aliphatic rings. The zero-order valence-electron chi connectivity index (χ0n) is 22.8. The summed E-state index contributed by atoms with van der Waals surface area (Å²) >= 11 is 0. The van der Waals surface area contributed by atoms with Crippen LogP contribution in [-0.2, 0) is 0 Å². The fraction of sp³-hybridized carbons (Fsp3) is 0. The van der Waals surface area contributed by atoms with Crippen LogP contribution in [0.4, 0.5) is 0 Å². The molecule has 0 bridgehead atoms. The number of aromatic nitrogens is 3. The smallest absolute Gasteiger partial charge is 0.0973 e. The van der Waals surface area contributed by atoms with Crippen molar-refractivity contribution in [2.75, 3.05) is 0 Å². The third kappa shape index (κ3) is 4.29. The van der Waals surface area contributed by atoms with Crippen molar-refractivity contribution < 1.29 is 0 Å². The summed E-state index contributed by atoms with van der Waals surface area (Å²) in [5, 5.41) is 3.57. The molecule has 0 spiro atoms. The topological polar surface area (TPSA) is 38.7 Å². The average Bonchev–Trinajstić information content (AvgIpc) is 3.08. The van der Waals surface area contributed by atoms with Gasteiger partial charge in [0, 0.05) is 28.1 Å². The first-order valence-corrected chi connectivity index (χ1v) is 14.1. The van der Waals surface area contributed by atoms with Gasteiger partial charge in [-0.15, -0.1) is 0 Å². The molecule has 2 aromatic heterocycles. The molecule has 0 atom stereocenters. The van der Waals surface area contributed by atoms with Crippen LogP contribution >= 0.6 is 0 Å². The van der Waals surface area contributed by atoms with E-state index in [2.05, 4.69) is 103 Å². The summed E-state index contributed by atoms with van der Waals surface area (Å²) in [6.07, 6.45) is 1.96. The molecule has 6 aromatic carbocycles. The van der Waals surface area contributed by atoms with E-state index in [9.17, 15) is 0 Å². The molecule has 0 fully saturated rings. The third-order valence-corrected chi connectivity index (χ3v) is 7.90. The first kappa shape index (κ1) is 24.2. The van der Waals surface area contributed by atoms with E-state index in [-0.39, 0.29) is 0 Å². The Morgan fingerprint density at radius 1 is 0.333 bits per heavy atom. The van der Waals surface area contributed by atoms with Crippen LogP contribution in [0.25, 0.3) is 77.5 Å². The predicted molar refractivity (Wildman–Crippen MR) is 174 cm³/mol. The summed E-state index contributed by atoms with van der Waals surface area (Å²) in [4.78, 5) is 14.8. The van der Waals surface area contributed by atoms with Crippen molar-refractivity contribution in [3.8, 4) is 44.8 Å². The minimum atomic E-state index is 0.886. The molecule has 0 aliphatic heterocycles. The maximum absolute atomic E-state index is 5.05. The number of rotatable bonds is 4. The van der Waals surface area contributed by atoms with Crippen molar-refractivity contribution in [1.29, 1.82) is 0 Å². The quantitative estimate of drug-likeness (QED) is 0.211. The number of fused-ring (bicyclic) bond motifs is 4. The van der Waals surface area contributed by atoms with Crippen molar-refractivity contribution in [3.05, 3.63) is 152 Å². The van der Waals surface area contributed by atoms with E-state index in [1.165, 1.54) is 21.9 Å². The van der Waals surface area contributed by atoms with Crippen molar-refractivity contribution in [1.82, 2.24) is 15.0 Å². The minimum Gasteiger partial charge on any atom is -0.256 e. The predicted octanol–water partition coefficient (Wildman–Crippen LogP) is 10.00. The van der Waals surface area contributed by atoms with Crippen LogP contribution < -0.4 is 0 Å². The lowest BCUT2D eigenvalue weighted by Gasteiger charge is -2.12. The highest BCUT2D eigenvalue weighted by molar-refractivity contribution is 6.06. The molecule has 2 heterocycles. The van der Waals surface area contributed by atoms with Crippen molar-refractivity contribution >= 4 is 32.7 Å². The van der Waals surface area contributed by atoms with E-state index in [1.54, 1.807) is 0 Å². The van der Waals surface area contributed by atoms with Crippen LogP contribution in [0.5, 0.6) is 0 Å². The largest absolute Gasteiger partial charge is 0.256 e. The lowest BCUT2D eigenvalue weighted by Crippen LogP contribution is -1.95. The van der Waals surface area contributed by atoms with Gasteiger partial charge in [0.1, 0.15) is 0 Å². The summed E-state index contributed by atoms with van der Waals surface area (Å²) in [5.41, 5.74) is 11.3. The van der Waals surface area contributed by atoms with Crippen LogP contribution in [0.15, 0.2) is 152 Å². The summed E-state index contributed by atoms with van der Waals surface area (Å²) in [7, 11) is 0.